The Morgan fingerprint density at radius 2 is 1.71 bits per heavy atom. The second-order valence-electron chi connectivity index (χ2n) is 6.67. The average Bonchev–Trinajstić information content (AvgIpc) is 2.75. The lowest BCUT2D eigenvalue weighted by atomic mass is 10.2. The van der Waals surface area contributed by atoms with Crippen molar-refractivity contribution in [3.63, 3.8) is 0 Å². The van der Waals surface area contributed by atoms with Crippen LogP contribution in [0.2, 0.25) is 0 Å². The van der Waals surface area contributed by atoms with E-state index in [1.165, 1.54) is 30.0 Å². The van der Waals surface area contributed by atoms with Crippen molar-refractivity contribution in [3.05, 3.63) is 84.2 Å². The molecule has 0 saturated carbocycles. The number of thioether (sulfide) groups is 1. The number of amides is 2. The van der Waals surface area contributed by atoms with E-state index in [0.717, 1.165) is 10.6 Å². The van der Waals surface area contributed by atoms with Gasteiger partial charge in [-0.15, -0.1) is 11.8 Å². The summed E-state index contributed by atoms with van der Waals surface area (Å²) in [7, 11) is 0. The molecule has 3 aromatic carbocycles. The Balaban J connectivity index is 1.60. The van der Waals surface area contributed by atoms with Gasteiger partial charge in [-0.25, -0.2) is 4.39 Å². The summed E-state index contributed by atoms with van der Waals surface area (Å²) >= 11 is 1.36. The molecule has 1 atom stereocenters. The zero-order valence-corrected chi connectivity index (χ0v) is 18.0. The van der Waals surface area contributed by atoms with Gasteiger partial charge in [0, 0.05) is 16.3 Å². The first-order chi connectivity index (χ1) is 15.0. The molecule has 0 fully saturated rings. The smallest absolute Gasteiger partial charge is 0.258 e. The second kappa shape index (κ2) is 10.6. The monoisotopic (exact) mass is 438 g/mol. The van der Waals surface area contributed by atoms with Crippen LogP contribution in [-0.4, -0.2) is 23.7 Å². The van der Waals surface area contributed by atoms with Crippen LogP contribution < -0.4 is 15.4 Å². The molecule has 0 radical (unpaired) electrons. The summed E-state index contributed by atoms with van der Waals surface area (Å²) in [5, 5.41) is 5.20. The molecule has 0 aliphatic heterocycles. The Hall–Kier alpha value is -3.32. The number of benzene rings is 3. The Bertz CT molecular complexity index is 1060. The van der Waals surface area contributed by atoms with Gasteiger partial charge in [0.1, 0.15) is 11.6 Å². The molecule has 1 unspecified atom stereocenters. The fourth-order valence-corrected chi connectivity index (χ4v) is 3.72. The molecule has 160 valence electrons. The van der Waals surface area contributed by atoms with E-state index in [4.69, 9.17) is 4.74 Å². The van der Waals surface area contributed by atoms with Crippen LogP contribution >= 0.6 is 11.8 Å². The topological polar surface area (TPSA) is 67.4 Å². The number of hydrogen-bond donors (Lipinski definition) is 2. The summed E-state index contributed by atoms with van der Waals surface area (Å²) in [6.07, 6.45) is 0. The first-order valence-corrected chi connectivity index (χ1v) is 10.7. The highest BCUT2D eigenvalue weighted by Crippen LogP contribution is 2.27. The van der Waals surface area contributed by atoms with Gasteiger partial charge in [-0.1, -0.05) is 18.2 Å². The number of anilines is 2. The van der Waals surface area contributed by atoms with Gasteiger partial charge >= 0.3 is 0 Å². The third kappa shape index (κ3) is 6.33. The zero-order valence-electron chi connectivity index (χ0n) is 17.2. The van der Waals surface area contributed by atoms with E-state index < -0.39 is 11.7 Å². The summed E-state index contributed by atoms with van der Waals surface area (Å²) in [5.41, 5.74) is 1.19. The van der Waals surface area contributed by atoms with Crippen LogP contribution in [0.5, 0.6) is 5.75 Å². The van der Waals surface area contributed by atoms with Crippen LogP contribution in [0, 0.1) is 5.82 Å². The summed E-state index contributed by atoms with van der Waals surface area (Å²) in [6, 6.07) is 20.1. The zero-order chi connectivity index (χ0) is 22.2. The molecule has 0 aromatic heterocycles. The average molecular weight is 439 g/mol. The van der Waals surface area contributed by atoms with Crippen molar-refractivity contribution in [2.24, 2.45) is 0 Å². The molecule has 2 N–H and O–H groups in total. The molecular weight excluding hydrogens is 415 g/mol. The molecule has 0 aliphatic carbocycles. The highest BCUT2D eigenvalue weighted by molar-refractivity contribution is 8.00. The van der Waals surface area contributed by atoms with Crippen LogP contribution in [-0.2, 0) is 4.79 Å². The predicted octanol–water partition coefficient (Wildman–Crippen LogP) is 5.60. The van der Waals surface area contributed by atoms with Gasteiger partial charge in [0.15, 0.2) is 0 Å². The van der Waals surface area contributed by atoms with Gasteiger partial charge in [0.05, 0.1) is 17.4 Å². The minimum atomic E-state index is -0.579. The molecule has 0 bridgehead atoms. The first kappa shape index (κ1) is 22.4. The molecule has 31 heavy (non-hydrogen) atoms. The third-order valence-electron chi connectivity index (χ3n) is 4.33. The van der Waals surface area contributed by atoms with Crippen molar-refractivity contribution in [2.45, 2.75) is 24.0 Å². The minimum Gasteiger partial charge on any atom is -0.494 e. The SMILES string of the molecule is CCOc1ccc(NC(=O)C(C)Sc2cccc(NC(=O)c3ccccc3F)c2)cc1. The lowest BCUT2D eigenvalue weighted by Gasteiger charge is -2.13. The number of hydrogen-bond acceptors (Lipinski definition) is 4. The van der Waals surface area contributed by atoms with E-state index in [-0.39, 0.29) is 16.7 Å². The third-order valence-corrected chi connectivity index (χ3v) is 5.42. The molecule has 2 amide bonds. The van der Waals surface area contributed by atoms with Gasteiger partial charge in [-0.2, -0.15) is 0 Å². The largest absolute Gasteiger partial charge is 0.494 e. The Kier molecular flexibility index (Phi) is 7.67. The maximum atomic E-state index is 13.8. The summed E-state index contributed by atoms with van der Waals surface area (Å²) in [5.74, 6) is -0.501. The van der Waals surface area contributed by atoms with Crippen LogP contribution in [0.3, 0.4) is 0 Å². The molecule has 0 saturated heterocycles. The van der Waals surface area contributed by atoms with Crippen LogP contribution in [0.4, 0.5) is 15.8 Å². The highest BCUT2D eigenvalue weighted by Gasteiger charge is 2.16. The Morgan fingerprint density at radius 3 is 2.42 bits per heavy atom. The normalized spacial score (nSPS) is 11.5. The van der Waals surface area contributed by atoms with Gasteiger partial charge in [0.25, 0.3) is 5.91 Å². The van der Waals surface area contributed by atoms with Crippen molar-refractivity contribution in [2.75, 3.05) is 17.2 Å². The highest BCUT2D eigenvalue weighted by atomic mass is 32.2. The van der Waals surface area contributed by atoms with E-state index >= 15 is 0 Å². The fourth-order valence-electron chi connectivity index (χ4n) is 2.79. The second-order valence-corrected chi connectivity index (χ2v) is 8.08. The number of halogens is 1. The standard InChI is InChI=1S/C24H23FN2O3S/c1-3-30-19-13-11-17(12-14-19)26-23(28)16(2)31-20-8-6-7-18(15-20)27-24(29)21-9-4-5-10-22(21)25/h4-16H,3H2,1-2H3,(H,26,28)(H,27,29). The molecule has 0 aliphatic rings. The van der Waals surface area contributed by atoms with E-state index in [0.29, 0.717) is 18.0 Å². The van der Waals surface area contributed by atoms with E-state index in [9.17, 15) is 14.0 Å². The van der Waals surface area contributed by atoms with Crippen molar-refractivity contribution in [3.8, 4) is 5.75 Å². The van der Waals surface area contributed by atoms with Crippen molar-refractivity contribution in [1.29, 1.82) is 0 Å². The van der Waals surface area contributed by atoms with Gasteiger partial charge in [-0.05, 0) is 68.4 Å². The quantitative estimate of drug-likeness (QED) is 0.450. The van der Waals surface area contributed by atoms with Crippen LogP contribution in [0.15, 0.2) is 77.7 Å². The van der Waals surface area contributed by atoms with E-state index in [1.807, 2.05) is 13.0 Å². The van der Waals surface area contributed by atoms with E-state index in [1.54, 1.807) is 55.5 Å². The van der Waals surface area contributed by atoms with Crippen LogP contribution in [0.25, 0.3) is 0 Å². The maximum Gasteiger partial charge on any atom is 0.258 e. The predicted molar refractivity (Wildman–Crippen MR) is 122 cm³/mol. The van der Waals surface area contributed by atoms with Crippen molar-refractivity contribution < 1.29 is 18.7 Å². The number of carbonyl (C=O) groups is 2. The molecule has 0 heterocycles. The molecule has 0 spiro atoms. The van der Waals surface area contributed by atoms with E-state index in [2.05, 4.69) is 10.6 Å². The van der Waals surface area contributed by atoms with Gasteiger partial charge < -0.3 is 15.4 Å². The summed E-state index contributed by atoms with van der Waals surface area (Å²) in [6.45, 7) is 4.30. The summed E-state index contributed by atoms with van der Waals surface area (Å²) in [4.78, 5) is 25.7. The molecular formula is C24H23FN2O3S. The lowest BCUT2D eigenvalue weighted by Crippen LogP contribution is -2.22. The number of nitrogens with one attached hydrogen (secondary N) is 2. The molecule has 5 nitrogen and oxygen atoms in total. The molecule has 3 rings (SSSR count). The Morgan fingerprint density at radius 1 is 0.968 bits per heavy atom. The molecule has 7 heteroatoms. The first-order valence-electron chi connectivity index (χ1n) is 9.82. The summed E-state index contributed by atoms with van der Waals surface area (Å²) < 4.78 is 19.2. The van der Waals surface area contributed by atoms with Crippen molar-refractivity contribution >= 4 is 35.0 Å². The lowest BCUT2D eigenvalue weighted by molar-refractivity contribution is -0.115. The number of rotatable bonds is 8. The fraction of sp³-hybridized carbons (Fsp3) is 0.167. The minimum absolute atomic E-state index is 0.0244. The maximum absolute atomic E-state index is 13.8. The van der Waals surface area contributed by atoms with Crippen LogP contribution in [0.1, 0.15) is 24.2 Å². The number of carbonyl (C=O) groups excluding carboxylic acids is 2. The Labute approximate surface area is 185 Å². The number of ether oxygens (including phenoxy) is 1. The molecule has 3 aromatic rings. The van der Waals surface area contributed by atoms with Gasteiger partial charge in [0.2, 0.25) is 5.91 Å². The van der Waals surface area contributed by atoms with Crippen molar-refractivity contribution in [1.82, 2.24) is 0 Å². The van der Waals surface area contributed by atoms with Gasteiger partial charge in [-0.3, -0.25) is 9.59 Å².